The molecule has 11 heavy (non-hydrogen) atoms. The van der Waals surface area contributed by atoms with Crippen molar-refractivity contribution >= 4 is 11.8 Å². The lowest BCUT2D eigenvalue weighted by atomic mass is 9.93. The molecule has 0 aromatic heterocycles. The first-order valence-corrected chi connectivity index (χ1v) is 3.55. The SMILES string of the molecule is NNC(=O)C(=O)NC1CCC1. The van der Waals surface area contributed by atoms with Gasteiger partial charge in [-0.25, -0.2) is 5.84 Å². The molecular weight excluding hydrogens is 146 g/mol. The third kappa shape index (κ3) is 1.91. The Bertz CT molecular complexity index is 177. The van der Waals surface area contributed by atoms with Crippen molar-refractivity contribution in [2.45, 2.75) is 25.3 Å². The van der Waals surface area contributed by atoms with Crippen LogP contribution in [0, 0.1) is 0 Å². The van der Waals surface area contributed by atoms with Crippen LogP contribution >= 0.6 is 0 Å². The lowest BCUT2D eigenvalue weighted by molar-refractivity contribution is -0.140. The summed E-state index contributed by atoms with van der Waals surface area (Å²) in [5.41, 5.74) is 1.77. The van der Waals surface area contributed by atoms with Gasteiger partial charge < -0.3 is 5.32 Å². The molecule has 1 rings (SSSR count). The number of nitrogens with one attached hydrogen (secondary N) is 2. The molecule has 0 bridgehead atoms. The van der Waals surface area contributed by atoms with E-state index in [2.05, 4.69) is 5.32 Å². The topological polar surface area (TPSA) is 84.2 Å². The van der Waals surface area contributed by atoms with E-state index in [1.165, 1.54) is 0 Å². The minimum Gasteiger partial charge on any atom is -0.345 e. The van der Waals surface area contributed by atoms with Gasteiger partial charge in [0.05, 0.1) is 0 Å². The number of hydrogen-bond acceptors (Lipinski definition) is 3. The quantitative estimate of drug-likeness (QED) is 0.190. The average Bonchev–Trinajstić information content (AvgIpc) is 1.94. The number of amides is 2. The number of rotatable bonds is 1. The van der Waals surface area contributed by atoms with Crippen LogP contribution in [0.15, 0.2) is 0 Å². The van der Waals surface area contributed by atoms with Crippen molar-refractivity contribution in [1.82, 2.24) is 10.7 Å². The van der Waals surface area contributed by atoms with Crippen molar-refractivity contribution in [2.24, 2.45) is 5.84 Å². The predicted octanol–water partition coefficient (Wildman–Crippen LogP) is -1.36. The monoisotopic (exact) mass is 157 g/mol. The lowest BCUT2D eigenvalue weighted by Crippen LogP contribution is -2.48. The maximum absolute atomic E-state index is 10.8. The molecule has 1 saturated carbocycles. The first kappa shape index (κ1) is 8.00. The van der Waals surface area contributed by atoms with Gasteiger partial charge in [0.25, 0.3) is 0 Å². The molecular formula is C6H11N3O2. The molecule has 1 fully saturated rings. The summed E-state index contributed by atoms with van der Waals surface area (Å²) in [5.74, 6) is 3.33. The van der Waals surface area contributed by atoms with Crippen molar-refractivity contribution in [3.63, 3.8) is 0 Å². The Balaban J connectivity index is 2.24. The number of carbonyl (C=O) groups is 2. The van der Waals surface area contributed by atoms with E-state index in [1.54, 1.807) is 5.43 Å². The number of hydrazine groups is 1. The highest BCUT2D eigenvalue weighted by molar-refractivity contribution is 6.34. The molecule has 62 valence electrons. The molecule has 0 aliphatic heterocycles. The van der Waals surface area contributed by atoms with Crippen LogP contribution in [0.3, 0.4) is 0 Å². The first-order valence-electron chi connectivity index (χ1n) is 3.55. The fourth-order valence-corrected chi connectivity index (χ4v) is 0.869. The Morgan fingerprint density at radius 1 is 1.27 bits per heavy atom. The second-order valence-corrected chi connectivity index (χ2v) is 2.57. The summed E-state index contributed by atoms with van der Waals surface area (Å²) in [7, 11) is 0. The van der Waals surface area contributed by atoms with Crippen LogP contribution in [-0.4, -0.2) is 17.9 Å². The molecule has 1 aliphatic carbocycles. The van der Waals surface area contributed by atoms with Gasteiger partial charge in [-0.1, -0.05) is 0 Å². The van der Waals surface area contributed by atoms with Crippen LogP contribution in [0.4, 0.5) is 0 Å². The summed E-state index contributed by atoms with van der Waals surface area (Å²) in [4.78, 5) is 21.3. The van der Waals surface area contributed by atoms with Gasteiger partial charge >= 0.3 is 11.8 Å². The van der Waals surface area contributed by atoms with E-state index >= 15 is 0 Å². The van der Waals surface area contributed by atoms with E-state index in [1.807, 2.05) is 0 Å². The Morgan fingerprint density at radius 2 is 1.91 bits per heavy atom. The van der Waals surface area contributed by atoms with Crippen LogP contribution in [0.25, 0.3) is 0 Å². The Hall–Kier alpha value is -1.10. The van der Waals surface area contributed by atoms with Gasteiger partial charge in [0.2, 0.25) is 0 Å². The Labute approximate surface area is 64.3 Å². The molecule has 4 N–H and O–H groups in total. The molecule has 0 radical (unpaired) electrons. The molecule has 5 heteroatoms. The zero-order valence-corrected chi connectivity index (χ0v) is 6.09. The second-order valence-electron chi connectivity index (χ2n) is 2.57. The maximum Gasteiger partial charge on any atom is 0.323 e. The fraction of sp³-hybridized carbons (Fsp3) is 0.667. The smallest absolute Gasteiger partial charge is 0.323 e. The second kappa shape index (κ2) is 3.34. The number of hydrogen-bond donors (Lipinski definition) is 3. The summed E-state index contributed by atoms with van der Waals surface area (Å²) in [6.07, 6.45) is 3.04. The zero-order chi connectivity index (χ0) is 8.27. The molecule has 0 atom stereocenters. The standard InChI is InChI=1S/C6H11N3O2/c7-9-6(11)5(10)8-4-2-1-3-4/h4H,1-3,7H2,(H,8,10)(H,9,11). The average molecular weight is 157 g/mol. The maximum atomic E-state index is 10.8. The highest BCUT2D eigenvalue weighted by Gasteiger charge is 2.22. The van der Waals surface area contributed by atoms with Crippen molar-refractivity contribution in [1.29, 1.82) is 0 Å². The summed E-state index contributed by atoms with van der Waals surface area (Å²) < 4.78 is 0. The van der Waals surface area contributed by atoms with E-state index in [0.717, 1.165) is 19.3 Å². The van der Waals surface area contributed by atoms with Crippen LogP contribution in [0.5, 0.6) is 0 Å². The number of nitrogens with two attached hydrogens (primary N) is 1. The first-order chi connectivity index (χ1) is 5.24. The summed E-state index contributed by atoms with van der Waals surface area (Å²) in [6, 6.07) is 0.180. The Kier molecular flexibility index (Phi) is 2.43. The molecule has 0 unspecified atom stereocenters. The van der Waals surface area contributed by atoms with Crippen molar-refractivity contribution < 1.29 is 9.59 Å². The molecule has 5 nitrogen and oxygen atoms in total. The third-order valence-electron chi connectivity index (χ3n) is 1.78. The van der Waals surface area contributed by atoms with E-state index in [0.29, 0.717) is 0 Å². The summed E-state index contributed by atoms with van der Waals surface area (Å²) >= 11 is 0. The lowest BCUT2D eigenvalue weighted by Gasteiger charge is -2.25. The van der Waals surface area contributed by atoms with Gasteiger partial charge in [0, 0.05) is 6.04 Å². The predicted molar refractivity (Wildman–Crippen MR) is 38.1 cm³/mol. The molecule has 0 saturated heterocycles. The Morgan fingerprint density at radius 3 is 2.27 bits per heavy atom. The van der Waals surface area contributed by atoms with Gasteiger partial charge in [-0.15, -0.1) is 0 Å². The van der Waals surface area contributed by atoms with Gasteiger partial charge in [0.1, 0.15) is 0 Å². The van der Waals surface area contributed by atoms with E-state index < -0.39 is 11.8 Å². The minimum atomic E-state index is -0.781. The molecule has 1 aliphatic rings. The van der Waals surface area contributed by atoms with E-state index in [4.69, 9.17) is 5.84 Å². The highest BCUT2D eigenvalue weighted by atomic mass is 16.2. The molecule has 0 aromatic carbocycles. The molecule has 2 amide bonds. The summed E-state index contributed by atoms with van der Waals surface area (Å²) in [5, 5.41) is 2.54. The van der Waals surface area contributed by atoms with Crippen molar-refractivity contribution in [2.75, 3.05) is 0 Å². The van der Waals surface area contributed by atoms with Crippen LogP contribution in [-0.2, 0) is 9.59 Å². The van der Waals surface area contributed by atoms with Crippen LogP contribution in [0.1, 0.15) is 19.3 Å². The van der Waals surface area contributed by atoms with Gasteiger partial charge in [-0.3, -0.25) is 15.0 Å². The number of carbonyl (C=O) groups excluding carboxylic acids is 2. The van der Waals surface area contributed by atoms with Gasteiger partial charge in [-0.2, -0.15) is 0 Å². The van der Waals surface area contributed by atoms with E-state index in [9.17, 15) is 9.59 Å². The molecule has 0 spiro atoms. The zero-order valence-electron chi connectivity index (χ0n) is 6.09. The van der Waals surface area contributed by atoms with Crippen LogP contribution in [0.2, 0.25) is 0 Å². The normalized spacial score (nSPS) is 16.8. The highest BCUT2D eigenvalue weighted by Crippen LogP contribution is 2.17. The minimum absolute atomic E-state index is 0.180. The molecule has 0 aromatic rings. The van der Waals surface area contributed by atoms with E-state index in [-0.39, 0.29) is 6.04 Å². The molecule has 0 heterocycles. The largest absolute Gasteiger partial charge is 0.345 e. The van der Waals surface area contributed by atoms with Crippen LogP contribution < -0.4 is 16.6 Å². The summed E-state index contributed by atoms with van der Waals surface area (Å²) in [6.45, 7) is 0. The van der Waals surface area contributed by atoms with Gasteiger partial charge in [-0.05, 0) is 19.3 Å². The van der Waals surface area contributed by atoms with Crippen molar-refractivity contribution in [3.05, 3.63) is 0 Å². The third-order valence-corrected chi connectivity index (χ3v) is 1.78. The van der Waals surface area contributed by atoms with Gasteiger partial charge in [0.15, 0.2) is 0 Å². The fourth-order valence-electron chi connectivity index (χ4n) is 0.869. The van der Waals surface area contributed by atoms with Crippen molar-refractivity contribution in [3.8, 4) is 0 Å².